The first kappa shape index (κ1) is 13.8. The average Bonchev–Trinajstić information content (AvgIpc) is 2.41. The minimum atomic E-state index is -0.473. The molecule has 0 bridgehead atoms. The number of carbonyl (C=O) groups excluding carboxylic acids is 1. The highest BCUT2D eigenvalue weighted by atomic mass is 35.5. The third-order valence-electron chi connectivity index (χ3n) is 2.79. The SMILES string of the molecule is COc1ccc(C(C=O)c2ccnc(Cl)c2)c(Cl)c1. The number of hydrogen-bond donors (Lipinski definition) is 0. The van der Waals surface area contributed by atoms with E-state index in [0.29, 0.717) is 21.5 Å². The standard InChI is InChI=1S/C14H11Cl2NO2/c1-19-10-2-3-11(13(15)7-10)12(8-18)9-4-5-17-14(16)6-9/h2-8,12H,1H3. The van der Waals surface area contributed by atoms with Crippen LogP contribution in [0.5, 0.6) is 5.75 Å². The number of carbonyl (C=O) groups is 1. The van der Waals surface area contributed by atoms with E-state index in [9.17, 15) is 4.79 Å². The number of aldehydes is 1. The molecule has 0 spiro atoms. The van der Waals surface area contributed by atoms with Crippen LogP contribution in [0.15, 0.2) is 36.5 Å². The molecular weight excluding hydrogens is 285 g/mol. The van der Waals surface area contributed by atoms with Crippen LogP contribution in [-0.4, -0.2) is 18.4 Å². The minimum Gasteiger partial charge on any atom is -0.497 e. The average molecular weight is 296 g/mol. The van der Waals surface area contributed by atoms with Crippen molar-refractivity contribution in [1.29, 1.82) is 0 Å². The molecule has 0 aliphatic heterocycles. The molecule has 0 saturated heterocycles. The molecule has 98 valence electrons. The number of benzene rings is 1. The lowest BCUT2D eigenvalue weighted by Gasteiger charge is -2.14. The van der Waals surface area contributed by atoms with Crippen LogP contribution in [-0.2, 0) is 4.79 Å². The molecule has 0 radical (unpaired) electrons. The molecule has 0 aliphatic rings. The van der Waals surface area contributed by atoms with Crippen molar-refractivity contribution < 1.29 is 9.53 Å². The van der Waals surface area contributed by atoms with Crippen LogP contribution < -0.4 is 4.74 Å². The Hall–Kier alpha value is -1.58. The first-order valence-corrected chi connectivity index (χ1v) is 6.31. The zero-order chi connectivity index (χ0) is 13.8. The van der Waals surface area contributed by atoms with Gasteiger partial charge in [0.2, 0.25) is 0 Å². The maximum absolute atomic E-state index is 11.4. The van der Waals surface area contributed by atoms with Crippen LogP contribution in [0.2, 0.25) is 10.2 Å². The van der Waals surface area contributed by atoms with Gasteiger partial charge in [0.1, 0.15) is 17.2 Å². The summed E-state index contributed by atoms with van der Waals surface area (Å²) >= 11 is 12.0. The van der Waals surface area contributed by atoms with Gasteiger partial charge in [-0.1, -0.05) is 29.3 Å². The maximum Gasteiger partial charge on any atom is 0.131 e. The number of hydrogen-bond acceptors (Lipinski definition) is 3. The summed E-state index contributed by atoms with van der Waals surface area (Å²) in [6.07, 6.45) is 2.39. The Bertz CT molecular complexity index is 602. The van der Waals surface area contributed by atoms with Crippen LogP contribution in [0.3, 0.4) is 0 Å². The number of halogens is 2. The highest BCUT2D eigenvalue weighted by Gasteiger charge is 2.17. The molecule has 1 aromatic carbocycles. The molecule has 1 aromatic heterocycles. The van der Waals surface area contributed by atoms with Crippen molar-refractivity contribution in [2.75, 3.05) is 7.11 Å². The molecule has 2 aromatic rings. The summed E-state index contributed by atoms with van der Waals surface area (Å²) in [6, 6.07) is 8.61. The Balaban J connectivity index is 2.45. The molecule has 2 rings (SSSR count). The predicted molar refractivity (Wildman–Crippen MR) is 75.2 cm³/mol. The van der Waals surface area contributed by atoms with Gasteiger partial charge in [-0.2, -0.15) is 0 Å². The fraction of sp³-hybridized carbons (Fsp3) is 0.143. The summed E-state index contributed by atoms with van der Waals surface area (Å²) in [6.45, 7) is 0. The van der Waals surface area contributed by atoms with E-state index in [0.717, 1.165) is 11.8 Å². The first-order chi connectivity index (χ1) is 9.15. The van der Waals surface area contributed by atoms with E-state index in [4.69, 9.17) is 27.9 Å². The number of rotatable bonds is 4. The van der Waals surface area contributed by atoms with Gasteiger partial charge in [0.05, 0.1) is 13.0 Å². The quantitative estimate of drug-likeness (QED) is 0.637. The Morgan fingerprint density at radius 1 is 1.26 bits per heavy atom. The van der Waals surface area contributed by atoms with Gasteiger partial charge in [-0.05, 0) is 35.4 Å². The summed E-state index contributed by atoms with van der Waals surface area (Å²) in [5, 5.41) is 0.818. The van der Waals surface area contributed by atoms with Gasteiger partial charge in [-0.3, -0.25) is 0 Å². The zero-order valence-electron chi connectivity index (χ0n) is 10.1. The third-order valence-corrected chi connectivity index (χ3v) is 3.32. The molecule has 19 heavy (non-hydrogen) atoms. The second kappa shape index (κ2) is 6.04. The lowest BCUT2D eigenvalue weighted by Crippen LogP contribution is -2.04. The molecule has 1 heterocycles. The molecule has 0 amide bonds. The van der Waals surface area contributed by atoms with Crippen molar-refractivity contribution in [1.82, 2.24) is 4.98 Å². The second-order valence-corrected chi connectivity index (χ2v) is 4.71. The molecular formula is C14H11Cl2NO2. The van der Waals surface area contributed by atoms with E-state index in [1.54, 1.807) is 43.6 Å². The fourth-order valence-corrected chi connectivity index (χ4v) is 2.30. The van der Waals surface area contributed by atoms with E-state index in [-0.39, 0.29) is 0 Å². The molecule has 0 N–H and O–H groups in total. The van der Waals surface area contributed by atoms with Crippen LogP contribution in [0.4, 0.5) is 0 Å². The van der Waals surface area contributed by atoms with Crippen LogP contribution in [0.1, 0.15) is 17.0 Å². The zero-order valence-corrected chi connectivity index (χ0v) is 11.7. The molecule has 1 unspecified atom stereocenters. The molecule has 0 aliphatic carbocycles. The van der Waals surface area contributed by atoms with Gasteiger partial charge < -0.3 is 9.53 Å². The first-order valence-electron chi connectivity index (χ1n) is 5.56. The molecule has 3 nitrogen and oxygen atoms in total. The van der Waals surface area contributed by atoms with Gasteiger partial charge in [0.25, 0.3) is 0 Å². The van der Waals surface area contributed by atoms with E-state index in [2.05, 4.69) is 4.98 Å². The minimum absolute atomic E-state index is 0.342. The van der Waals surface area contributed by atoms with Gasteiger partial charge in [-0.25, -0.2) is 4.98 Å². The number of nitrogens with zero attached hydrogens (tertiary/aromatic N) is 1. The van der Waals surface area contributed by atoms with Gasteiger partial charge >= 0.3 is 0 Å². The van der Waals surface area contributed by atoms with Crippen molar-refractivity contribution in [2.45, 2.75) is 5.92 Å². The van der Waals surface area contributed by atoms with E-state index < -0.39 is 5.92 Å². The largest absolute Gasteiger partial charge is 0.497 e. The maximum atomic E-state index is 11.4. The normalized spacial score (nSPS) is 11.9. The third kappa shape index (κ3) is 3.06. The van der Waals surface area contributed by atoms with Crippen LogP contribution in [0, 0.1) is 0 Å². The highest BCUT2D eigenvalue weighted by Crippen LogP contribution is 2.32. The number of pyridine rings is 1. The van der Waals surface area contributed by atoms with E-state index >= 15 is 0 Å². The van der Waals surface area contributed by atoms with E-state index in [1.807, 2.05) is 0 Å². The summed E-state index contributed by atoms with van der Waals surface area (Å²) in [7, 11) is 1.56. The fourth-order valence-electron chi connectivity index (χ4n) is 1.83. The molecule has 0 saturated carbocycles. The summed E-state index contributed by atoms with van der Waals surface area (Å²) in [4.78, 5) is 15.3. The van der Waals surface area contributed by atoms with Crippen LogP contribution in [0.25, 0.3) is 0 Å². The Morgan fingerprint density at radius 3 is 2.63 bits per heavy atom. The molecule has 0 fully saturated rings. The monoisotopic (exact) mass is 295 g/mol. The second-order valence-electron chi connectivity index (χ2n) is 3.91. The summed E-state index contributed by atoms with van der Waals surface area (Å²) in [5.41, 5.74) is 1.46. The Morgan fingerprint density at radius 2 is 2.05 bits per heavy atom. The Labute approximate surface area is 121 Å². The Kier molecular flexibility index (Phi) is 4.40. The number of aromatic nitrogens is 1. The van der Waals surface area contributed by atoms with Crippen molar-refractivity contribution >= 4 is 29.5 Å². The van der Waals surface area contributed by atoms with Crippen LogP contribution >= 0.6 is 23.2 Å². The number of methoxy groups -OCH3 is 1. The van der Waals surface area contributed by atoms with E-state index in [1.165, 1.54) is 0 Å². The predicted octanol–water partition coefficient (Wildman–Crippen LogP) is 3.73. The van der Waals surface area contributed by atoms with Crippen molar-refractivity contribution in [2.24, 2.45) is 0 Å². The van der Waals surface area contributed by atoms with Gasteiger partial charge in [-0.15, -0.1) is 0 Å². The molecule has 5 heteroatoms. The number of ether oxygens (including phenoxy) is 1. The topological polar surface area (TPSA) is 39.2 Å². The van der Waals surface area contributed by atoms with Crippen molar-refractivity contribution in [3.8, 4) is 5.75 Å². The lowest BCUT2D eigenvalue weighted by molar-refractivity contribution is -0.108. The summed E-state index contributed by atoms with van der Waals surface area (Å²) in [5.74, 6) is 0.171. The van der Waals surface area contributed by atoms with Crippen molar-refractivity contribution in [3.63, 3.8) is 0 Å². The highest BCUT2D eigenvalue weighted by molar-refractivity contribution is 6.31. The van der Waals surface area contributed by atoms with Crippen molar-refractivity contribution in [3.05, 3.63) is 57.8 Å². The van der Waals surface area contributed by atoms with Gasteiger partial charge in [0.15, 0.2) is 0 Å². The smallest absolute Gasteiger partial charge is 0.131 e. The lowest BCUT2D eigenvalue weighted by atomic mass is 9.93. The molecule has 1 atom stereocenters. The van der Waals surface area contributed by atoms with Gasteiger partial charge in [0, 0.05) is 11.2 Å². The summed E-state index contributed by atoms with van der Waals surface area (Å²) < 4.78 is 5.08.